The van der Waals surface area contributed by atoms with Crippen molar-refractivity contribution >= 4 is 39.5 Å². The molecule has 0 aliphatic heterocycles. The molecule has 0 radical (unpaired) electrons. The van der Waals surface area contributed by atoms with E-state index in [2.05, 4.69) is 10.3 Å². The van der Waals surface area contributed by atoms with Crippen LogP contribution in [0.1, 0.15) is 30.2 Å². The molecule has 0 amide bonds. The smallest absolute Gasteiger partial charge is 0.420 e. The predicted octanol–water partition coefficient (Wildman–Crippen LogP) is 7.37. The quantitative estimate of drug-likeness (QED) is 0.199. The number of nitrogens with one attached hydrogen (secondary N) is 1. The third-order valence-corrected chi connectivity index (χ3v) is 7.05. The zero-order valence-corrected chi connectivity index (χ0v) is 21.6. The van der Waals surface area contributed by atoms with Crippen molar-refractivity contribution in [3.63, 3.8) is 0 Å². The van der Waals surface area contributed by atoms with Crippen molar-refractivity contribution in [1.29, 1.82) is 0 Å². The molecule has 4 rings (SSSR count). The van der Waals surface area contributed by atoms with Gasteiger partial charge in [0.1, 0.15) is 19.0 Å². The highest BCUT2D eigenvalue weighted by molar-refractivity contribution is 7.17. The molecule has 196 valence electrons. The maximum atomic E-state index is 13.7. The molecule has 1 aliphatic carbocycles. The van der Waals surface area contributed by atoms with Gasteiger partial charge in [-0.05, 0) is 49.8 Å². The molecule has 2 aromatic heterocycles. The van der Waals surface area contributed by atoms with E-state index < -0.39 is 11.7 Å². The van der Waals surface area contributed by atoms with Crippen molar-refractivity contribution < 1.29 is 32.2 Å². The Labute approximate surface area is 220 Å². The topological polar surface area (TPSA) is 69.7 Å². The fourth-order valence-corrected chi connectivity index (χ4v) is 5.27. The Morgan fingerprint density at radius 3 is 2.76 bits per heavy atom. The Balaban J connectivity index is 1.39. The molecule has 0 spiro atoms. The fourth-order valence-electron chi connectivity index (χ4n) is 3.51. The molecule has 0 bridgehead atoms. The molecule has 0 fully saturated rings. The van der Waals surface area contributed by atoms with Crippen LogP contribution in [0.4, 0.5) is 24.0 Å². The minimum Gasteiger partial charge on any atom is -0.494 e. The maximum absolute atomic E-state index is 13.7. The molecule has 1 aliphatic rings. The second-order valence-electron chi connectivity index (χ2n) is 7.92. The Kier molecular flexibility index (Phi) is 8.88. The number of aromatic nitrogens is 1. The van der Waals surface area contributed by atoms with Gasteiger partial charge in [-0.2, -0.15) is 13.2 Å². The van der Waals surface area contributed by atoms with Crippen molar-refractivity contribution in [1.82, 2.24) is 4.98 Å². The Bertz CT molecular complexity index is 1280. The first-order valence-corrected chi connectivity index (χ1v) is 13.3. The van der Waals surface area contributed by atoms with E-state index >= 15 is 0 Å². The third-order valence-electron chi connectivity index (χ3n) is 5.18. The molecule has 11 heteroatoms. The third kappa shape index (κ3) is 7.59. The SMILES string of the molecule is CCOC(=O)Cc1ccc(-c2csc(Nc3ccc(OCCOC4=CC=CCC4)c(C(F)(F)F)c3)n2)s1. The second-order valence-corrected chi connectivity index (χ2v) is 9.94. The number of hydrogen-bond donors (Lipinski definition) is 1. The standard InChI is InChI=1S/C26H25F3N2O4S2/c1-2-33-24(32)15-19-9-11-23(37-19)21-16-36-25(31-21)30-17-8-10-22(20(14-17)26(27,28)29)35-13-12-34-18-6-4-3-5-7-18/h3-4,6,8-11,14,16H,2,5,7,12-13,15H2,1H3,(H,30,31). The van der Waals surface area contributed by atoms with E-state index in [0.29, 0.717) is 17.4 Å². The van der Waals surface area contributed by atoms with Gasteiger partial charge in [0.2, 0.25) is 0 Å². The molecule has 0 unspecified atom stereocenters. The predicted molar refractivity (Wildman–Crippen MR) is 138 cm³/mol. The van der Waals surface area contributed by atoms with Crippen LogP contribution in [0.25, 0.3) is 10.6 Å². The molecule has 1 aromatic carbocycles. The molecule has 0 atom stereocenters. The summed E-state index contributed by atoms with van der Waals surface area (Å²) >= 11 is 2.69. The summed E-state index contributed by atoms with van der Waals surface area (Å²) in [6, 6.07) is 7.52. The fraction of sp³-hybridized carbons (Fsp3) is 0.308. The first kappa shape index (κ1) is 26.7. The van der Waals surface area contributed by atoms with E-state index in [0.717, 1.165) is 34.4 Å². The van der Waals surface area contributed by atoms with E-state index in [1.807, 2.05) is 35.7 Å². The minimum atomic E-state index is -4.59. The second kappa shape index (κ2) is 12.3. The van der Waals surface area contributed by atoms with Crippen LogP contribution in [-0.4, -0.2) is 30.8 Å². The summed E-state index contributed by atoms with van der Waals surface area (Å²) in [6.45, 7) is 2.23. The lowest BCUT2D eigenvalue weighted by atomic mass is 10.1. The van der Waals surface area contributed by atoms with E-state index in [1.54, 1.807) is 6.92 Å². The van der Waals surface area contributed by atoms with Crippen LogP contribution in [0.2, 0.25) is 0 Å². The molecule has 0 saturated heterocycles. The molecule has 37 heavy (non-hydrogen) atoms. The number of nitrogens with zero attached hydrogens (tertiary/aromatic N) is 1. The molecule has 1 N–H and O–H groups in total. The molecular formula is C26H25F3N2O4S2. The highest BCUT2D eigenvalue weighted by atomic mass is 32.1. The van der Waals surface area contributed by atoms with Gasteiger partial charge in [0, 0.05) is 22.4 Å². The summed E-state index contributed by atoms with van der Waals surface area (Å²) in [5.41, 5.74) is 0.0355. The summed E-state index contributed by atoms with van der Waals surface area (Å²) in [6.07, 6.45) is 2.99. The Morgan fingerprint density at radius 2 is 2.00 bits per heavy atom. The van der Waals surface area contributed by atoms with Crippen LogP contribution in [-0.2, 0) is 26.9 Å². The van der Waals surface area contributed by atoms with Crippen molar-refractivity contribution in [3.8, 4) is 16.3 Å². The number of carbonyl (C=O) groups excluding carboxylic acids is 1. The first-order valence-electron chi connectivity index (χ1n) is 11.6. The van der Waals surface area contributed by atoms with Crippen molar-refractivity contribution in [2.75, 3.05) is 25.1 Å². The average Bonchev–Trinajstić information content (AvgIpc) is 3.52. The van der Waals surface area contributed by atoms with Crippen LogP contribution in [0, 0.1) is 0 Å². The van der Waals surface area contributed by atoms with Crippen LogP contribution >= 0.6 is 22.7 Å². The van der Waals surface area contributed by atoms with Gasteiger partial charge < -0.3 is 19.5 Å². The average molecular weight is 551 g/mol. The monoisotopic (exact) mass is 550 g/mol. The summed E-state index contributed by atoms with van der Waals surface area (Å²) < 4.78 is 57.1. The number of anilines is 2. The van der Waals surface area contributed by atoms with Gasteiger partial charge in [-0.3, -0.25) is 4.79 Å². The summed E-state index contributed by atoms with van der Waals surface area (Å²) in [5, 5.41) is 5.20. The molecule has 3 aromatic rings. The molecular weight excluding hydrogens is 525 g/mol. The van der Waals surface area contributed by atoms with Gasteiger partial charge in [-0.25, -0.2) is 4.98 Å². The zero-order chi connectivity index (χ0) is 26.3. The highest BCUT2D eigenvalue weighted by Gasteiger charge is 2.35. The summed E-state index contributed by atoms with van der Waals surface area (Å²) in [4.78, 5) is 17.9. The lowest BCUT2D eigenvalue weighted by molar-refractivity contribution is -0.142. The number of alkyl halides is 3. The van der Waals surface area contributed by atoms with Gasteiger partial charge in [-0.1, -0.05) is 12.2 Å². The summed E-state index contributed by atoms with van der Waals surface area (Å²) in [7, 11) is 0. The van der Waals surface area contributed by atoms with E-state index in [9.17, 15) is 18.0 Å². The van der Waals surface area contributed by atoms with Gasteiger partial charge in [0.25, 0.3) is 0 Å². The lowest BCUT2D eigenvalue weighted by Gasteiger charge is -2.16. The molecule has 6 nitrogen and oxygen atoms in total. The van der Waals surface area contributed by atoms with Gasteiger partial charge in [0.05, 0.1) is 34.9 Å². The number of thiazole rings is 1. The summed E-state index contributed by atoms with van der Waals surface area (Å²) in [5.74, 6) is 0.241. The van der Waals surface area contributed by atoms with Crippen LogP contribution in [0.5, 0.6) is 5.75 Å². The number of allylic oxidation sites excluding steroid dienone is 4. The lowest BCUT2D eigenvalue weighted by Crippen LogP contribution is -2.12. The number of hydrogen-bond acceptors (Lipinski definition) is 8. The van der Waals surface area contributed by atoms with Gasteiger partial charge in [-0.15, -0.1) is 22.7 Å². The number of ether oxygens (including phenoxy) is 3. The van der Waals surface area contributed by atoms with Crippen LogP contribution in [0.15, 0.2) is 59.7 Å². The van der Waals surface area contributed by atoms with Gasteiger partial charge in [0.15, 0.2) is 5.13 Å². The number of carbonyl (C=O) groups is 1. The minimum absolute atomic E-state index is 0.00822. The van der Waals surface area contributed by atoms with Crippen LogP contribution in [0.3, 0.4) is 0 Å². The number of esters is 1. The number of rotatable bonds is 11. The number of benzene rings is 1. The number of thiophene rings is 1. The highest BCUT2D eigenvalue weighted by Crippen LogP contribution is 2.39. The largest absolute Gasteiger partial charge is 0.494 e. The molecule has 2 heterocycles. The van der Waals surface area contributed by atoms with Gasteiger partial charge >= 0.3 is 12.1 Å². The van der Waals surface area contributed by atoms with E-state index in [-0.39, 0.29) is 37.0 Å². The molecule has 0 saturated carbocycles. The van der Waals surface area contributed by atoms with E-state index in [4.69, 9.17) is 14.2 Å². The van der Waals surface area contributed by atoms with Crippen molar-refractivity contribution in [2.45, 2.75) is 32.4 Å². The number of halogens is 3. The van der Waals surface area contributed by atoms with Crippen molar-refractivity contribution in [3.05, 3.63) is 70.1 Å². The normalized spacial score (nSPS) is 13.2. The van der Waals surface area contributed by atoms with Crippen LogP contribution < -0.4 is 10.1 Å². The first-order chi connectivity index (χ1) is 17.8. The Hall–Kier alpha value is -3.31. The zero-order valence-electron chi connectivity index (χ0n) is 20.0. The van der Waals surface area contributed by atoms with Crippen molar-refractivity contribution in [2.24, 2.45) is 0 Å². The van der Waals surface area contributed by atoms with E-state index in [1.165, 1.54) is 34.8 Å². The maximum Gasteiger partial charge on any atom is 0.420 e. The Morgan fingerprint density at radius 1 is 1.16 bits per heavy atom.